The molecule has 0 saturated heterocycles. The van der Waals surface area contributed by atoms with Gasteiger partial charge in [-0.15, -0.1) is 0 Å². The Kier molecular flexibility index (Phi) is 4.16. The molecule has 1 aromatic rings. The van der Waals surface area contributed by atoms with Crippen LogP contribution in [0.4, 0.5) is 0 Å². The fourth-order valence-electron chi connectivity index (χ4n) is 1.34. The highest BCUT2D eigenvalue weighted by molar-refractivity contribution is 6.21. The molecule has 4 N–H and O–H groups in total. The lowest BCUT2D eigenvalue weighted by molar-refractivity contribution is -0.133. The monoisotopic (exact) mass is 281 g/mol. The van der Waals surface area contributed by atoms with E-state index in [4.69, 9.17) is 20.4 Å². The first-order valence-electron chi connectivity index (χ1n) is 4.89. The number of hydrogen-bond acceptors (Lipinski definition) is 5. The van der Waals surface area contributed by atoms with Crippen LogP contribution in [0.15, 0.2) is 18.3 Å². The van der Waals surface area contributed by atoms with Gasteiger partial charge in [0, 0.05) is 17.8 Å². The first-order valence-corrected chi connectivity index (χ1v) is 4.89. The highest BCUT2D eigenvalue weighted by Gasteiger charge is 2.22. The number of nitrogens with zero attached hydrogens (tertiary/aromatic N) is 1. The van der Waals surface area contributed by atoms with Crippen LogP contribution in [0.2, 0.25) is 0 Å². The molecule has 0 unspecified atom stereocenters. The maximum absolute atomic E-state index is 11.0. The van der Waals surface area contributed by atoms with Gasteiger partial charge in [0.2, 0.25) is 0 Å². The van der Waals surface area contributed by atoms with Crippen LogP contribution < -0.4 is 0 Å². The van der Waals surface area contributed by atoms with Crippen molar-refractivity contribution in [2.24, 2.45) is 0 Å². The summed E-state index contributed by atoms with van der Waals surface area (Å²) in [5.74, 6) is -6.41. The van der Waals surface area contributed by atoms with E-state index >= 15 is 0 Å². The van der Waals surface area contributed by atoms with E-state index in [1.807, 2.05) is 0 Å². The Morgan fingerprint density at radius 2 is 1.55 bits per heavy atom. The maximum Gasteiger partial charge on any atom is 0.354 e. The number of pyridine rings is 1. The lowest BCUT2D eigenvalue weighted by Gasteiger charge is -2.07. The third kappa shape index (κ3) is 3.16. The van der Waals surface area contributed by atoms with Crippen molar-refractivity contribution in [3.63, 3.8) is 0 Å². The van der Waals surface area contributed by atoms with Gasteiger partial charge in [-0.25, -0.2) is 24.2 Å². The number of carboxylic acid groups (broad SMARTS) is 4. The number of rotatable bonds is 5. The number of hydrogen-bond donors (Lipinski definition) is 4. The number of carboxylic acids is 4. The first-order chi connectivity index (χ1) is 9.23. The van der Waals surface area contributed by atoms with Gasteiger partial charge in [0.05, 0.1) is 11.1 Å². The minimum atomic E-state index is -1.71. The van der Waals surface area contributed by atoms with Crippen LogP contribution in [0.25, 0.3) is 5.57 Å². The van der Waals surface area contributed by atoms with E-state index < -0.39 is 46.3 Å². The second-order valence-electron chi connectivity index (χ2n) is 3.43. The molecule has 0 spiro atoms. The number of aliphatic carboxylic acids is 2. The molecular formula is C11H7NO8. The molecule has 0 aliphatic carbocycles. The lowest BCUT2D eigenvalue weighted by atomic mass is 10.00. The normalized spacial score (nSPS) is 10.9. The van der Waals surface area contributed by atoms with Crippen molar-refractivity contribution in [2.45, 2.75) is 0 Å². The third-order valence-electron chi connectivity index (χ3n) is 2.14. The summed E-state index contributed by atoms with van der Waals surface area (Å²) in [6.07, 6.45) is 0.926. The van der Waals surface area contributed by atoms with Crippen LogP contribution in [0.5, 0.6) is 0 Å². The zero-order chi connectivity index (χ0) is 15.4. The quantitative estimate of drug-likeness (QED) is 0.545. The van der Waals surface area contributed by atoms with Gasteiger partial charge >= 0.3 is 23.9 Å². The zero-order valence-corrected chi connectivity index (χ0v) is 9.60. The molecule has 1 rings (SSSR count). The molecule has 0 amide bonds. The Bertz CT molecular complexity index is 646. The first kappa shape index (κ1) is 14.8. The van der Waals surface area contributed by atoms with E-state index in [1.165, 1.54) is 0 Å². The Morgan fingerprint density at radius 3 is 1.95 bits per heavy atom. The Labute approximate surface area is 110 Å². The minimum absolute atomic E-state index is 0.274. The van der Waals surface area contributed by atoms with Gasteiger partial charge in [-0.1, -0.05) is 0 Å². The number of carbonyl (C=O) groups is 4. The number of aromatic nitrogens is 1. The highest BCUT2D eigenvalue weighted by Crippen LogP contribution is 2.20. The van der Waals surface area contributed by atoms with Crippen molar-refractivity contribution in [2.75, 3.05) is 0 Å². The summed E-state index contributed by atoms with van der Waals surface area (Å²) in [5.41, 5.74) is -2.65. The molecule has 0 aliphatic heterocycles. The fraction of sp³-hybridized carbons (Fsp3) is 0. The van der Waals surface area contributed by atoms with Gasteiger partial charge < -0.3 is 20.4 Å². The predicted molar refractivity (Wildman–Crippen MR) is 61.4 cm³/mol. The Morgan fingerprint density at radius 1 is 0.950 bits per heavy atom. The van der Waals surface area contributed by atoms with Crippen molar-refractivity contribution >= 4 is 29.5 Å². The molecule has 9 heteroatoms. The minimum Gasteiger partial charge on any atom is -0.478 e. The summed E-state index contributed by atoms with van der Waals surface area (Å²) >= 11 is 0. The van der Waals surface area contributed by atoms with E-state index in [0.29, 0.717) is 12.3 Å². The topological polar surface area (TPSA) is 162 Å². The van der Waals surface area contributed by atoms with Crippen LogP contribution in [-0.2, 0) is 9.59 Å². The molecule has 1 heterocycles. The van der Waals surface area contributed by atoms with Gasteiger partial charge in [-0.3, -0.25) is 0 Å². The summed E-state index contributed by atoms with van der Waals surface area (Å²) in [6.45, 7) is 0. The van der Waals surface area contributed by atoms with E-state index in [9.17, 15) is 19.2 Å². The maximum atomic E-state index is 11.0. The van der Waals surface area contributed by atoms with E-state index in [-0.39, 0.29) is 6.08 Å². The van der Waals surface area contributed by atoms with Crippen LogP contribution in [0, 0.1) is 0 Å². The summed E-state index contributed by atoms with van der Waals surface area (Å²) in [4.78, 5) is 46.6. The van der Waals surface area contributed by atoms with Crippen molar-refractivity contribution in [1.82, 2.24) is 4.98 Å². The zero-order valence-electron chi connectivity index (χ0n) is 9.60. The van der Waals surface area contributed by atoms with E-state index in [2.05, 4.69) is 4.98 Å². The molecule has 0 radical (unpaired) electrons. The SMILES string of the molecule is O=C(O)C=C(C(=O)O)c1cc(C(=O)O)ncc1C(=O)O. The molecule has 9 nitrogen and oxygen atoms in total. The molecular weight excluding hydrogens is 274 g/mol. The van der Waals surface area contributed by atoms with Crippen molar-refractivity contribution < 1.29 is 39.6 Å². The second kappa shape index (κ2) is 5.61. The lowest BCUT2D eigenvalue weighted by Crippen LogP contribution is -2.12. The third-order valence-corrected chi connectivity index (χ3v) is 2.14. The Hall–Kier alpha value is -3.23. The average molecular weight is 281 g/mol. The van der Waals surface area contributed by atoms with Gasteiger partial charge in [0.1, 0.15) is 5.69 Å². The van der Waals surface area contributed by atoms with Crippen molar-refractivity contribution in [3.8, 4) is 0 Å². The predicted octanol–water partition coefficient (Wildman–Crippen LogP) is 0.0306. The standard InChI is InChI=1S/C11H7NO8/c13-8(14)2-5(9(15)16)4-1-7(11(19)20)12-3-6(4)10(17)18/h1-3H,(H,13,14)(H,15,16)(H,17,18)(H,19,20). The molecule has 1 aromatic heterocycles. The molecule has 104 valence electrons. The highest BCUT2D eigenvalue weighted by atomic mass is 16.4. The summed E-state index contributed by atoms with van der Waals surface area (Å²) in [6, 6.07) is 0.689. The summed E-state index contributed by atoms with van der Waals surface area (Å²) < 4.78 is 0. The van der Waals surface area contributed by atoms with Crippen LogP contribution >= 0.6 is 0 Å². The van der Waals surface area contributed by atoms with Crippen molar-refractivity contribution in [3.05, 3.63) is 35.2 Å². The molecule has 0 bridgehead atoms. The van der Waals surface area contributed by atoms with E-state index in [1.54, 1.807) is 0 Å². The van der Waals surface area contributed by atoms with Crippen LogP contribution in [0.1, 0.15) is 26.4 Å². The molecule has 0 aromatic carbocycles. The number of aromatic carboxylic acids is 2. The molecule has 20 heavy (non-hydrogen) atoms. The van der Waals surface area contributed by atoms with Gasteiger partial charge in [-0.05, 0) is 6.07 Å². The molecule has 0 saturated carbocycles. The van der Waals surface area contributed by atoms with Gasteiger partial charge in [0.25, 0.3) is 0 Å². The summed E-state index contributed by atoms with van der Waals surface area (Å²) in [5, 5.41) is 35.2. The van der Waals surface area contributed by atoms with Gasteiger partial charge in [-0.2, -0.15) is 0 Å². The van der Waals surface area contributed by atoms with Crippen molar-refractivity contribution in [1.29, 1.82) is 0 Å². The van der Waals surface area contributed by atoms with Crippen LogP contribution in [0.3, 0.4) is 0 Å². The molecule has 0 fully saturated rings. The largest absolute Gasteiger partial charge is 0.478 e. The average Bonchev–Trinajstić information content (AvgIpc) is 2.34. The van der Waals surface area contributed by atoms with Gasteiger partial charge in [0.15, 0.2) is 0 Å². The Balaban J connectivity index is 3.64. The van der Waals surface area contributed by atoms with E-state index in [0.717, 1.165) is 0 Å². The van der Waals surface area contributed by atoms with Crippen LogP contribution in [-0.4, -0.2) is 49.3 Å². The fourth-order valence-corrected chi connectivity index (χ4v) is 1.34. The smallest absolute Gasteiger partial charge is 0.354 e. The molecule has 0 atom stereocenters. The molecule has 0 aliphatic rings. The summed E-state index contributed by atoms with van der Waals surface area (Å²) in [7, 11) is 0. The second-order valence-corrected chi connectivity index (χ2v) is 3.43.